The molecule has 16 heavy (non-hydrogen) atoms. The molecule has 0 aliphatic heterocycles. The SMILES string of the molecule is CC(C)(C)[PH+](C(C)(C)C)C(C)(C)C.[Cl][Pd][Cl]. The minimum absolute atomic E-state index is 0.106. The van der Waals surface area contributed by atoms with Crippen molar-refractivity contribution in [2.24, 2.45) is 0 Å². The van der Waals surface area contributed by atoms with Crippen LogP contribution in [0.1, 0.15) is 62.3 Å². The Bertz CT molecular complexity index is 153. The number of halogens is 2. The van der Waals surface area contributed by atoms with Crippen molar-refractivity contribution in [2.45, 2.75) is 77.8 Å². The summed E-state index contributed by atoms with van der Waals surface area (Å²) in [5.41, 5.74) is 0. The molecule has 4 heteroatoms. The van der Waals surface area contributed by atoms with Crippen molar-refractivity contribution >= 4 is 27.0 Å². The molecule has 0 spiro atoms. The summed E-state index contributed by atoms with van der Waals surface area (Å²) >= 11 is -0.106. The first-order valence-electron chi connectivity index (χ1n) is 5.49. The molecule has 0 heterocycles. The number of rotatable bonds is 0. The maximum absolute atomic E-state index is 4.81. The fourth-order valence-electron chi connectivity index (χ4n) is 3.38. The van der Waals surface area contributed by atoms with Gasteiger partial charge in [-0.3, -0.25) is 0 Å². The summed E-state index contributed by atoms with van der Waals surface area (Å²) in [6, 6.07) is 0. The van der Waals surface area contributed by atoms with E-state index in [1.807, 2.05) is 0 Å². The first-order valence-corrected chi connectivity index (χ1v) is 11.0. The van der Waals surface area contributed by atoms with E-state index >= 15 is 0 Å². The molecule has 0 radical (unpaired) electrons. The Morgan fingerprint density at radius 1 is 0.625 bits per heavy atom. The van der Waals surface area contributed by atoms with E-state index in [1.54, 1.807) is 0 Å². The molecule has 0 N–H and O–H groups in total. The Kier molecular flexibility index (Phi) is 9.13. The van der Waals surface area contributed by atoms with Crippen LogP contribution in [-0.2, 0) is 15.9 Å². The first kappa shape index (κ1) is 20.0. The summed E-state index contributed by atoms with van der Waals surface area (Å²) in [7, 11) is 9.24. The van der Waals surface area contributed by atoms with Crippen LogP contribution in [0.15, 0.2) is 0 Å². The molecule has 0 unspecified atom stereocenters. The Morgan fingerprint density at radius 3 is 0.750 bits per heavy atom. The van der Waals surface area contributed by atoms with E-state index in [0.717, 1.165) is 0 Å². The molecule has 0 aliphatic carbocycles. The van der Waals surface area contributed by atoms with E-state index in [4.69, 9.17) is 19.1 Å². The third-order valence-electron chi connectivity index (χ3n) is 2.25. The molecule has 0 aromatic carbocycles. The normalized spacial score (nSPS) is 13.8. The van der Waals surface area contributed by atoms with Gasteiger partial charge in [-0.05, 0) is 62.3 Å². The van der Waals surface area contributed by atoms with Crippen LogP contribution in [0, 0.1) is 0 Å². The van der Waals surface area contributed by atoms with Crippen molar-refractivity contribution in [3.05, 3.63) is 0 Å². The second-order valence-electron chi connectivity index (χ2n) is 7.17. The predicted octanol–water partition coefficient (Wildman–Crippen LogP) is 5.97. The summed E-state index contributed by atoms with van der Waals surface area (Å²) in [5.74, 6) is 0. The van der Waals surface area contributed by atoms with E-state index in [9.17, 15) is 0 Å². The van der Waals surface area contributed by atoms with E-state index in [0.29, 0.717) is 15.5 Å². The van der Waals surface area contributed by atoms with Gasteiger partial charge in [0.05, 0.1) is 15.5 Å². The van der Waals surface area contributed by atoms with Crippen molar-refractivity contribution < 1.29 is 15.9 Å². The molecular weight excluding hydrogens is 352 g/mol. The average molecular weight is 381 g/mol. The fraction of sp³-hybridized carbons (Fsp3) is 1.00. The van der Waals surface area contributed by atoms with Gasteiger partial charge in [0.1, 0.15) is 0 Å². The van der Waals surface area contributed by atoms with Gasteiger partial charge in [-0.15, -0.1) is 0 Å². The molecule has 0 aromatic heterocycles. The van der Waals surface area contributed by atoms with Crippen LogP contribution in [0.5, 0.6) is 0 Å². The molecule has 0 amide bonds. The Morgan fingerprint density at radius 2 is 0.750 bits per heavy atom. The number of hydrogen-bond acceptors (Lipinski definition) is 0. The molecule has 0 fully saturated rings. The molecule has 0 aromatic rings. The zero-order valence-corrected chi connectivity index (χ0v) is 16.1. The molecule has 0 atom stereocenters. The Balaban J connectivity index is 0. The van der Waals surface area contributed by atoms with Gasteiger partial charge in [0, 0.05) is 7.92 Å². The Hall–Kier alpha value is 1.67. The molecule has 0 saturated carbocycles. The van der Waals surface area contributed by atoms with Crippen LogP contribution < -0.4 is 0 Å². The van der Waals surface area contributed by atoms with Crippen LogP contribution >= 0.6 is 27.0 Å². The average Bonchev–Trinajstić information content (AvgIpc) is 1.74. The van der Waals surface area contributed by atoms with Crippen molar-refractivity contribution in [3.8, 4) is 0 Å². The monoisotopic (exact) mass is 379 g/mol. The van der Waals surface area contributed by atoms with Gasteiger partial charge in [0.2, 0.25) is 0 Å². The van der Waals surface area contributed by atoms with Crippen LogP contribution in [0.4, 0.5) is 0 Å². The zero-order valence-electron chi connectivity index (χ0n) is 12.1. The van der Waals surface area contributed by atoms with Crippen LogP contribution in [-0.4, -0.2) is 15.5 Å². The number of hydrogen-bond donors (Lipinski definition) is 0. The van der Waals surface area contributed by atoms with E-state index in [-0.39, 0.29) is 15.9 Å². The molecule has 0 saturated heterocycles. The second-order valence-corrected chi connectivity index (χ2v) is 14.8. The van der Waals surface area contributed by atoms with E-state index < -0.39 is 7.92 Å². The summed E-state index contributed by atoms with van der Waals surface area (Å²) in [6.07, 6.45) is 0. The third kappa shape index (κ3) is 8.72. The molecule has 0 rings (SSSR count). The summed E-state index contributed by atoms with van der Waals surface area (Å²) in [4.78, 5) is 0. The van der Waals surface area contributed by atoms with Crippen molar-refractivity contribution in [3.63, 3.8) is 0 Å². The van der Waals surface area contributed by atoms with Gasteiger partial charge in [0.25, 0.3) is 0 Å². The van der Waals surface area contributed by atoms with Gasteiger partial charge in [-0.1, -0.05) is 0 Å². The summed E-state index contributed by atoms with van der Waals surface area (Å²) in [5, 5.41) is 1.46. The molecule has 0 bridgehead atoms. The van der Waals surface area contributed by atoms with Crippen LogP contribution in [0.2, 0.25) is 0 Å². The predicted molar refractivity (Wildman–Crippen MR) is 79.3 cm³/mol. The molecule has 0 aliphatic rings. The van der Waals surface area contributed by atoms with Gasteiger partial charge < -0.3 is 0 Å². The fourth-order valence-corrected chi connectivity index (χ4v) is 10.1. The minimum atomic E-state index is -0.391. The van der Waals surface area contributed by atoms with Crippen molar-refractivity contribution in [2.75, 3.05) is 0 Å². The summed E-state index contributed by atoms with van der Waals surface area (Å²) in [6.45, 7) is 21.6. The van der Waals surface area contributed by atoms with E-state index in [1.165, 1.54) is 0 Å². The van der Waals surface area contributed by atoms with Crippen LogP contribution in [0.3, 0.4) is 0 Å². The third-order valence-corrected chi connectivity index (χ3v) is 6.75. The van der Waals surface area contributed by atoms with Gasteiger partial charge in [0.15, 0.2) is 0 Å². The first-order chi connectivity index (χ1) is 6.78. The van der Waals surface area contributed by atoms with Crippen molar-refractivity contribution in [1.29, 1.82) is 0 Å². The van der Waals surface area contributed by atoms with E-state index in [2.05, 4.69) is 62.3 Å². The quantitative estimate of drug-likeness (QED) is 0.358. The van der Waals surface area contributed by atoms with Gasteiger partial charge in [-0.2, -0.15) is 0 Å². The van der Waals surface area contributed by atoms with Crippen molar-refractivity contribution in [1.82, 2.24) is 0 Å². The van der Waals surface area contributed by atoms with Gasteiger partial charge >= 0.3 is 35.0 Å². The molecular formula is C12H28Cl2PPd+. The van der Waals surface area contributed by atoms with Gasteiger partial charge in [-0.25, -0.2) is 0 Å². The maximum atomic E-state index is 4.81. The zero-order chi connectivity index (χ0) is 13.8. The second kappa shape index (κ2) is 7.31. The van der Waals surface area contributed by atoms with Crippen LogP contribution in [0.25, 0.3) is 0 Å². The summed E-state index contributed by atoms with van der Waals surface area (Å²) < 4.78 is 0. The standard InChI is InChI=1S/C12H27P.2ClH.Pd/c1-10(2,3)13(11(4,5)6)12(7,8)9;;;/h1-9H3;2*1H;/q;;;+2/p-1. The molecule has 104 valence electrons. The Labute approximate surface area is 120 Å². The molecule has 0 nitrogen and oxygen atoms in total. The topological polar surface area (TPSA) is 0 Å².